The standard InChI is InChI=1S/C20H18FN5O/c21-17-6-4-15(5-7-17)13-25-14-20(23-24-25)16-2-1-3-19(12-16)22-18-8-10-26(27)11-9-18/h1-10,12,14,22,27H,11,13H2. The van der Waals surface area contributed by atoms with Gasteiger partial charge in [-0.05, 0) is 42.0 Å². The van der Waals surface area contributed by atoms with Gasteiger partial charge in [-0.2, -0.15) is 0 Å². The van der Waals surface area contributed by atoms with Gasteiger partial charge in [-0.3, -0.25) is 10.3 Å². The van der Waals surface area contributed by atoms with Crippen LogP contribution in [0.1, 0.15) is 5.56 Å². The van der Waals surface area contributed by atoms with Crippen LogP contribution in [0.4, 0.5) is 10.1 Å². The van der Waals surface area contributed by atoms with E-state index in [1.807, 2.05) is 36.5 Å². The summed E-state index contributed by atoms with van der Waals surface area (Å²) in [7, 11) is 0. The zero-order valence-corrected chi connectivity index (χ0v) is 14.5. The molecule has 0 radical (unpaired) electrons. The molecule has 2 N–H and O–H groups in total. The van der Waals surface area contributed by atoms with Gasteiger partial charge in [-0.1, -0.05) is 29.5 Å². The Hall–Kier alpha value is -3.45. The van der Waals surface area contributed by atoms with Gasteiger partial charge >= 0.3 is 0 Å². The molecule has 6 nitrogen and oxygen atoms in total. The van der Waals surface area contributed by atoms with Gasteiger partial charge in [0.2, 0.25) is 0 Å². The number of allylic oxidation sites excluding steroid dienone is 1. The van der Waals surface area contributed by atoms with Gasteiger partial charge in [0.1, 0.15) is 11.5 Å². The van der Waals surface area contributed by atoms with E-state index in [1.54, 1.807) is 29.1 Å². The summed E-state index contributed by atoms with van der Waals surface area (Å²) < 4.78 is 14.7. The molecule has 136 valence electrons. The van der Waals surface area contributed by atoms with Crippen LogP contribution in [0.2, 0.25) is 0 Å². The van der Waals surface area contributed by atoms with E-state index in [-0.39, 0.29) is 5.82 Å². The molecule has 1 aliphatic heterocycles. The maximum Gasteiger partial charge on any atom is 0.123 e. The number of benzene rings is 2. The molecular formula is C20H18FN5O. The van der Waals surface area contributed by atoms with E-state index in [0.717, 1.165) is 33.3 Å². The normalized spacial score (nSPS) is 13.6. The molecule has 0 spiro atoms. The van der Waals surface area contributed by atoms with Gasteiger partial charge in [-0.15, -0.1) is 5.10 Å². The summed E-state index contributed by atoms with van der Waals surface area (Å²) in [5, 5.41) is 22.2. The molecule has 2 aromatic carbocycles. The molecule has 1 aliphatic rings. The van der Waals surface area contributed by atoms with E-state index >= 15 is 0 Å². The van der Waals surface area contributed by atoms with Crippen molar-refractivity contribution in [1.29, 1.82) is 0 Å². The Morgan fingerprint density at radius 2 is 2.00 bits per heavy atom. The van der Waals surface area contributed by atoms with Crippen LogP contribution < -0.4 is 5.32 Å². The second kappa shape index (κ2) is 7.43. The van der Waals surface area contributed by atoms with Gasteiger partial charge in [0.15, 0.2) is 0 Å². The van der Waals surface area contributed by atoms with Crippen molar-refractivity contribution in [3.8, 4) is 11.3 Å². The first-order chi connectivity index (χ1) is 13.2. The van der Waals surface area contributed by atoms with Crippen molar-refractivity contribution >= 4 is 5.69 Å². The first kappa shape index (κ1) is 17.0. The second-order valence-electron chi connectivity index (χ2n) is 6.23. The molecule has 2 heterocycles. The largest absolute Gasteiger partial charge is 0.356 e. The zero-order valence-electron chi connectivity index (χ0n) is 14.5. The van der Waals surface area contributed by atoms with E-state index < -0.39 is 0 Å². The van der Waals surface area contributed by atoms with Crippen LogP contribution >= 0.6 is 0 Å². The van der Waals surface area contributed by atoms with Crippen LogP contribution in [-0.2, 0) is 6.54 Å². The zero-order chi connectivity index (χ0) is 18.6. The van der Waals surface area contributed by atoms with Gasteiger partial charge < -0.3 is 5.32 Å². The van der Waals surface area contributed by atoms with Gasteiger partial charge in [-0.25, -0.2) is 9.07 Å². The first-order valence-electron chi connectivity index (χ1n) is 8.52. The number of hydrogen-bond acceptors (Lipinski definition) is 5. The molecule has 0 unspecified atom stereocenters. The number of hydroxylamine groups is 2. The van der Waals surface area contributed by atoms with Crippen LogP contribution in [0.3, 0.4) is 0 Å². The average molecular weight is 363 g/mol. The monoisotopic (exact) mass is 363 g/mol. The first-order valence-corrected chi connectivity index (χ1v) is 8.52. The molecule has 4 rings (SSSR count). The Kier molecular flexibility index (Phi) is 4.67. The van der Waals surface area contributed by atoms with Crippen molar-refractivity contribution in [2.24, 2.45) is 0 Å². The Morgan fingerprint density at radius 1 is 1.15 bits per heavy atom. The molecule has 3 aromatic rings. The Balaban J connectivity index is 1.48. The molecule has 0 amide bonds. The molecule has 1 aromatic heterocycles. The molecular weight excluding hydrogens is 345 g/mol. The summed E-state index contributed by atoms with van der Waals surface area (Å²) in [5.74, 6) is -0.253. The van der Waals surface area contributed by atoms with Crippen molar-refractivity contribution in [2.45, 2.75) is 6.54 Å². The smallest absolute Gasteiger partial charge is 0.123 e. The summed E-state index contributed by atoms with van der Waals surface area (Å²) in [6, 6.07) is 14.2. The van der Waals surface area contributed by atoms with Crippen LogP contribution in [0.15, 0.2) is 78.8 Å². The second-order valence-corrected chi connectivity index (χ2v) is 6.23. The highest BCUT2D eigenvalue weighted by Crippen LogP contribution is 2.22. The summed E-state index contributed by atoms with van der Waals surface area (Å²) in [6.45, 7) is 0.969. The Bertz CT molecular complexity index is 994. The molecule has 0 fully saturated rings. The number of anilines is 1. The number of nitrogens with zero attached hydrogens (tertiary/aromatic N) is 4. The van der Waals surface area contributed by atoms with Crippen molar-refractivity contribution in [1.82, 2.24) is 20.1 Å². The number of halogens is 1. The third-order valence-corrected chi connectivity index (χ3v) is 4.17. The summed E-state index contributed by atoms with van der Waals surface area (Å²) in [6.07, 6.45) is 7.17. The van der Waals surface area contributed by atoms with Crippen LogP contribution in [0.25, 0.3) is 11.3 Å². The summed E-state index contributed by atoms with van der Waals surface area (Å²) >= 11 is 0. The number of aromatic nitrogens is 3. The van der Waals surface area contributed by atoms with Gasteiger partial charge in [0.25, 0.3) is 0 Å². The SMILES string of the molecule is ON1C=CC(Nc2cccc(-c3cn(Cc4ccc(F)cc4)nn3)c2)=CC1. The molecule has 0 saturated heterocycles. The van der Waals surface area contributed by atoms with E-state index in [1.165, 1.54) is 12.1 Å². The minimum Gasteiger partial charge on any atom is -0.356 e. The number of rotatable bonds is 5. The van der Waals surface area contributed by atoms with Crippen molar-refractivity contribution in [3.63, 3.8) is 0 Å². The third-order valence-electron chi connectivity index (χ3n) is 4.17. The number of nitrogens with one attached hydrogen (secondary N) is 1. The van der Waals surface area contributed by atoms with Crippen molar-refractivity contribution < 1.29 is 9.60 Å². The summed E-state index contributed by atoms with van der Waals surface area (Å²) in [5.41, 5.74) is 4.49. The fraction of sp³-hybridized carbons (Fsp3) is 0.100. The summed E-state index contributed by atoms with van der Waals surface area (Å²) in [4.78, 5) is 0. The van der Waals surface area contributed by atoms with Crippen molar-refractivity contribution in [2.75, 3.05) is 11.9 Å². The lowest BCUT2D eigenvalue weighted by atomic mass is 10.1. The molecule has 0 aliphatic carbocycles. The Labute approximate surface area is 155 Å². The van der Waals surface area contributed by atoms with Gasteiger partial charge in [0.05, 0.1) is 19.3 Å². The highest BCUT2D eigenvalue weighted by atomic mass is 19.1. The van der Waals surface area contributed by atoms with Crippen molar-refractivity contribution in [3.05, 3.63) is 90.2 Å². The lowest BCUT2D eigenvalue weighted by molar-refractivity contribution is -0.0305. The third kappa shape index (κ3) is 4.21. The molecule has 0 atom stereocenters. The van der Waals surface area contributed by atoms with E-state index in [2.05, 4.69) is 15.6 Å². The number of hydrogen-bond donors (Lipinski definition) is 2. The molecule has 0 bridgehead atoms. The van der Waals surface area contributed by atoms with Gasteiger partial charge in [0, 0.05) is 23.1 Å². The minimum absolute atomic E-state index is 0.253. The highest BCUT2D eigenvalue weighted by Gasteiger charge is 2.07. The lowest BCUT2D eigenvalue weighted by Crippen LogP contribution is -2.16. The van der Waals surface area contributed by atoms with E-state index in [4.69, 9.17) is 0 Å². The topological polar surface area (TPSA) is 66.2 Å². The predicted octanol–water partition coefficient (Wildman–Crippen LogP) is 3.65. The predicted molar refractivity (Wildman–Crippen MR) is 100 cm³/mol. The van der Waals surface area contributed by atoms with E-state index in [0.29, 0.717) is 13.1 Å². The maximum atomic E-state index is 13.0. The molecule has 0 saturated carbocycles. The lowest BCUT2D eigenvalue weighted by Gasteiger charge is -2.16. The highest BCUT2D eigenvalue weighted by molar-refractivity contribution is 5.65. The molecule has 27 heavy (non-hydrogen) atoms. The average Bonchev–Trinajstić information content (AvgIpc) is 3.14. The van der Waals surface area contributed by atoms with Crippen LogP contribution in [0.5, 0.6) is 0 Å². The fourth-order valence-corrected chi connectivity index (χ4v) is 2.79. The quantitative estimate of drug-likeness (QED) is 0.724. The van der Waals surface area contributed by atoms with Crippen LogP contribution in [-0.4, -0.2) is 31.8 Å². The fourth-order valence-electron chi connectivity index (χ4n) is 2.79. The molecule has 7 heteroatoms. The minimum atomic E-state index is -0.253. The Morgan fingerprint density at radius 3 is 2.78 bits per heavy atom. The van der Waals surface area contributed by atoms with Crippen LogP contribution in [0, 0.1) is 5.82 Å². The van der Waals surface area contributed by atoms with E-state index in [9.17, 15) is 9.60 Å². The maximum absolute atomic E-state index is 13.0.